The van der Waals surface area contributed by atoms with Gasteiger partial charge >= 0.3 is 0 Å². The van der Waals surface area contributed by atoms with E-state index in [4.69, 9.17) is 0 Å². The molecule has 7 nitrogen and oxygen atoms in total. The van der Waals surface area contributed by atoms with Crippen molar-refractivity contribution < 1.29 is 0 Å². The fourth-order valence-corrected chi connectivity index (χ4v) is 4.09. The zero-order valence-electron chi connectivity index (χ0n) is 15.3. The molecule has 0 amide bonds. The molecule has 3 rings (SSSR count). The molecular formula is C16H30IN7S. The highest BCUT2D eigenvalue weighted by Crippen LogP contribution is 2.19. The normalized spacial score (nSPS) is 19.2. The van der Waals surface area contributed by atoms with E-state index in [1.165, 1.54) is 37.5 Å². The summed E-state index contributed by atoms with van der Waals surface area (Å²) in [6.45, 7) is 10.6. The van der Waals surface area contributed by atoms with Gasteiger partial charge in [-0.1, -0.05) is 6.92 Å². The molecule has 25 heavy (non-hydrogen) atoms. The molecule has 0 unspecified atom stereocenters. The maximum atomic E-state index is 4.60. The van der Waals surface area contributed by atoms with E-state index in [1.54, 1.807) is 0 Å². The fraction of sp³-hybridized carbons (Fsp3) is 0.812. The molecule has 2 saturated heterocycles. The van der Waals surface area contributed by atoms with Crippen LogP contribution < -0.4 is 10.2 Å². The summed E-state index contributed by atoms with van der Waals surface area (Å²) in [4.78, 5) is 16.3. The Morgan fingerprint density at radius 3 is 2.48 bits per heavy atom. The maximum Gasteiger partial charge on any atom is 0.205 e. The van der Waals surface area contributed by atoms with Crippen molar-refractivity contribution in [1.29, 1.82) is 0 Å². The zero-order valence-corrected chi connectivity index (χ0v) is 18.4. The summed E-state index contributed by atoms with van der Waals surface area (Å²) in [5, 5.41) is 4.58. The summed E-state index contributed by atoms with van der Waals surface area (Å²) in [5.74, 6) is 1.98. The second-order valence-electron chi connectivity index (χ2n) is 6.34. The van der Waals surface area contributed by atoms with Crippen LogP contribution in [0.5, 0.6) is 0 Å². The van der Waals surface area contributed by atoms with Gasteiger partial charge in [0.2, 0.25) is 5.13 Å². The number of halogens is 1. The topological polar surface area (TPSA) is 59.9 Å². The highest BCUT2D eigenvalue weighted by molar-refractivity contribution is 14.0. The predicted octanol–water partition coefficient (Wildman–Crippen LogP) is 1.51. The van der Waals surface area contributed by atoms with E-state index in [0.29, 0.717) is 0 Å². The SMILES string of the molecule is CCc1nsc(N2CCN(C(=NC)NCCN3CCCC3)CC2)n1.I. The largest absolute Gasteiger partial charge is 0.355 e. The lowest BCUT2D eigenvalue weighted by Crippen LogP contribution is -2.53. The van der Waals surface area contributed by atoms with Crippen LogP contribution in [0.4, 0.5) is 5.13 Å². The molecule has 9 heteroatoms. The van der Waals surface area contributed by atoms with E-state index in [9.17, 15) is 0 Å². The Morgan fingerprint density at radius 1 is 1.16 bits per heavy atom. The van der Waals surface area contributed by atoms with Gasteiger partial charge in [0.05, 0.1) is 0 Å². The lowest BCUT2D eigenvalue weighted by atomic mass is 10.3. The summed E-state index contributed by atoms with van der Waals surface area (Å²) >= 11 is 1.52. The predicted molar refractivity (Wildman–Crippen MR) is 116 cm³/mol. The minimum absolute atomic E-state index is 0. The number of aromatic nitrogens is 2. The van der Waals surface area contributed by atoms with Crippen LogP contribution in [0.3, 0.4) is 0 Å². The Balaban J connectivity index is 0.00000225. The number of guanidine groups is 1. The van der Waals surface area contributed by atoms with Crippen LogP contribution in [0, 0.1) is 0 Å². The van der Waals surface area contributed by atoms with Gasteiger partial charge in [-0.15, -0.1) is 24.0 Å². The first-order chi connectivity index (χ1) is 11.8. The zero-order chi connectivity index (χ0) is 16.8. The Bertz CT molecular complexity index is 536. The van der Waals surface area contributed by atoms with Gasteiger partial charge in [0.1, 0.15) is 5.82 Å². The number of likely N-dealkylation sites (tertiary alicyclic amines) is 1. The summed E-state index contributed by atoms with van der Waals surface area (Å²) in [7, 11) is 1.88. The van der Waals surface area contributed by atoms with Crippen molar-refractivity contribution in [3.05, 3.63) is 5.82 Å². The lowest BCUT2D eigenvalue weighted by Gasteiger charge is -2.36. The first-order valence-electron chi connectivity index (χ1n) is 9.05. The molecule has 1 N–H and O–H groups in total. The van der Waals surface area contributed by atoms with Gasteiger partial charge in [-0.3, -0.25) is 4.99 Å². The molecule has 0 aliphatic carbocycles. The minimum atomic E-state index is 0. The third-order valence-corrected chi connectivity index (χ3v) is 5.56. The van der Waals surface area contributed by atoms with E-state index in [1.807, 2.05) is 7.05 Å². The van der Waals surface area contributed by atoms with Gasteiger partial charge in [0, 0.05) is 64.3 Å². The third kappa shape index (κ3) is 5.65. The Hall–Kier alpha value is -0.680. The Morgan fingerprint density at radius 2 is 1.88 bits per heavy atom. The first-order valence-corrected chi connectivity index (χ1v) is 9.83. The molecule has 0 bridgehead atoms. The molecule has 0 saturated carbocycles. The molecule has 142 valence electrons. The van der Waals surface area contributed by atoms with Crippen molar-refractivity contribution >= 4 is 46.6 Å². The van der Waals surface area contributed by atoms with Gasteiger partial charge in [0.15, 0.2) is 5.96 Å². The lowest BCUT2D eigenvalue weighted by molar-refractivity contribution is 0.334. The standard InChI is InChI=1S/C16H29N7S.HI/c1-3-14-19-16(24-20-14)23-12-10-22(11-13-23)15(17-2)18-6-9-21-7-4-5-8-21;/h3-13H2,1-2H3,(H,17,18);1H. The van der Waals surface area contributed by atoms with Crippen LogP contribution in [-0.2, 0) is 6.42 Å². The van der Waals surface area contributed by atoms with Crippen molar-refractivity contribution in [2.45, 2.75) is 26.2 Å². The van der Waals surface area contributed by atoms with Crippen molar-refractivity contribution in [2.24, 2.45) is 4.99 Å². The van der Waals surface area contributed by atoms with Crippen LogP contribution in [0.25, 0.3) is 0 Å². The number of anilines is 1. The third-order valence-electron chi connectivity index (χ3n) is 4.74. The molecule has 2 aliphatic rings. The average molecular weight is 479 g/mol. The number of aliphatic imine (C=N–C) groups is 1. The fourth-order valence-electron chi connectivity index (χ4n) is 3.29. The van der Waals surface area contributed by atoms with Gasteiger partial charge < -0.3 is 20.0 Å². The Kier molecular flexibility index (Phi) is 8.63. The highest BCUT2D eigenvalue weighted by Gasteiger charge is 2.22. The van der Waals surface area contributed by atoms with Crippen LogP contribution in [0.15, 0.2) is 4.99 Å². The van der Waals surface area contributed by atoms with Crippen LogP contribution in [0.1, 0.15) is 25.6 Å². The molecule has 2 aliphatic heterocycles. The molecule has 3 heterocycles. The number of hydrogen-bond acceptors (Lipinski definition) is 6. The van der Waals surface area contributed by atoms with Crippen LogP contribution >= 0.6 is 35.5 Å². The van der Waals surface area contributed by atoms with E-state index >= 15 is 0 Å². The number of piperazine rings is 1. The number of aryl methyl sites for hydroxylation is 1. The molecular weight excluding hydrogens is 449 g/mol. The highest BCUT2D eigenvalue weighted by atomic mass is 127. The van der Waals surface area contributed by atoms with Gasteiger partial charge in [-0.25, -0.2) is 4.98 Å². The molecule has 0 aromatic carbocycles. The summed E-state index contributed by atoms with van der Waals surface area (Å²) in [5.41, 5.74) is 0. The smallest absolute Gasteiger partial charge is 0.205 e. The summed E-state index contributed by atoms with van der Waals surface area (Å²) in [6.07, 6.45) is 3.61. The van der Waals surface area contributed by atoms with Crippen molar-refractivity contribution in [1.82, 2.24) is 24.5 Å². The first kappa shape index (κ1) is 20.6. The maximum absolute atomic E-state index is 4.60. The Labute approximate surface area is 172 Å². The van der Waals surface area contributed by atoms with Crippen molar-refractivity contribution in [2.75, 3.05) is 64.3 Å². The van der Waals surface area contributed by atoms with Gasteiger partial charge in [0.25, 0.3) is 0 Å². The van der Waals surface area contributed by atoms with Crippen LogP contribution in [-0.4, -0.2) is 84.5 Å². The van der Waals surface area contributed by atoms with Gasteiger partial charge in [-0.2, -0.15) is 4.37 Å². The van der Waals surface area contributed by atoms with Crippen LogP contribution in [0.2, 0.25) is 0 Å². The van der Waals surface area contributed by atoms with Crippen molar-refractivity contribution in [3.8, 4) is 0 Å². The second kappa shape index (κ2) is 10.5. The molecule has 0 radical (unpaired) electrons. The van der Waals surface area contributed by atoms with Gasteiger partial charge in [-0.05, 0) is 25.9 Å². The van der Waals surface area contributed by atoms with E-state index in [-0.39, 0.29) is 24.0 Å². The monoisotopic (exact) mass is 479 g/mol. The van der Waals surface area contributed by atoms with E-state index in [0.717, 1.165) is 62.6 Å². The minimum Gasteiger partial charge on any atom is -0.355 e. The molecule has 0 atom stereocenters. The average Bonchev–Trinajstić information content (AvgIpc) is 3.30. The molecule has 0 spiro atoms. The summed E-state index contributed by atoms with van der Waals surface area (Å²) in [6, 6.07) is 0. The number of nitrogens with zero attached hydrogens (tertiary/aromatic N) is 6. The number of hydrogen-bond donors (Lipinski definition) is 1. The van der Waals surface area contributed by atoms with E-state index in [2.05, 4.69) is 41.3 Å². The van der Waals surface area contributed by atoms with Crippen molar-refractivity contribution in [3.63, 3.8) is 0 Å². The summed E-state index contributed by atoms with van der Waals surface area (Å²) < 4.78 is 4.39. The molecule has 1 aromatic heterocycles. The number of rotatable bonds is 5. The number of nitrogens with one attached hydrogen (secondary N) is 1. The van der Waals surface area contributed by atoms with E-state index < -0.39 is 0 Å². The second-order valence-corrected chi connectivity index (χ2v) is 7.07. The molecule has 1 aromatic rings. The molecule has 2 fully saturated rings. The quantitative estimate of drug-likeness (QED) is 0.393.